The van der Waals surface area contributed by atoms with Gasteiger partial charge in [-0.05, 0) is 36.4 Å². The molecule has 0 aliphatic heterocycles. The highest BCUT2D eigenvalue weighted by atomic mass is 32.2. The number of ether oxygens (including phenoxy) is 1. The van der Waals surface area contributed by atoms with Crippen molar-refractivity contribution in [3.63, 3.8) is 0 Å². The van der Waals surface area contributed by atoms with Gasteiger partial charge in [0.05, 0.1) is 23.4 Å². The first-order valence-corrected chi connectivity index (χ1v) is 9.81. The van der Waals surface area contributed by atoms with Crippen molar-refractivity contribution in [2.24, 2.45) is 5.14 Å². The van der Waals surface area contributed by atoms with Crippen LogP contribution in [0.4, 0.5) is 0 Å². The Morgan fingerprint density at radius 2 is 1.86 bits per heavy atom. The van der Waals surface area contributed by atoms with Gasteiger partial charge >= 0.3 is 5.97 Å². The largest absolute Gasteiger partial charge is 0.464 e. The first kappa shape index (κ1) is 18.0. The molecule has 2 aromatic carbocycles. The zero-order valence-electron chi connectivity index (χ0n) is 14.8. The second-order valence-electron chi connectivity index (χ2n) is 6.11. The van der Waals surface area contributed by atoms with Crippen molar-refractivity contribution in [3.05, 3.63) is 66.5 Å². The summed E-state index contributed by atoms with van der Waals surface area (Å²) in [6.45, 7) is 0. The predicted octanol–water partition coefficient (Wildman–Crippen LogP) is 2.45. The average Bonchev–Trinajstić information content (AvgIpc) is 3.31. The normalized spacial score (nSPS) is 11.6. The Labute approximate surface area is 160 Å². The Balaban J connectivity index is 1.91. The van der Waals surface area contributed by atoms with E-state index in [9.17, 15) is 13.2 Å². The van der Waals surface area contributed by atoms with Gasteiger partial charge in [0, 0.05) is 22.7 Å². The smallest absolute Gasteiger partial charge is 0.358 e. The number of rotatable bonds is 4. The average molecular weight is 396 g/mol. The van der Waals surface area contributed by atoms with Gasteiger partial charge in [0.15, 0.2) is 5.69 Å². The van der Waals surface area contributed by atoms with Gasteiger partial charge in [0.1, 0.15) is 0 Å². The minimum absolute atomic E-state index is 0.00904. The maximum atomic E-state index is 12.0. The third-order valence-electron chi connectivity index (χ3n) is 4.38. The molecule has 142 valence electrons. The molecule has 28 heavy (non-hydrogen) atoms. The molecule has 4 aromatic rings. The lowest BCUT2D eigenvalue weighted by Crippen LogP contribution is -2.12. The molecule has 0 spiro atoms. The minimum Gasteiger partial charge on any atom is -0.464 e. The number of sulfonamides is 1. The summed E-state index contributed by atoms with van der Waals surface area (Å²) in [4.78, 5) is 15.2. The second kappa shape index (κ2) is 6.63. The monoisotopic (exact) mass is 396 g/mol. The Morgan fingerprint density at radius 1 is 1.14 bits per heavy atom. The van der Waals surface area contributed by atoms with E-state index in [0.717, 1.165) is 16.5 Å². The molecular weight excluding hydrogens is 380 g/mol. The number of nitrogens with two attached hydrogens (primary N) is 1. The standard InChI is InChI=1S/C19H16N4O4S/c1-27-19(24)17-10-18(15-11-21-16-5-3-2-4-14(15)16)23(22-17)12-6-8-13(9-7-12)28(20,25)26/h2-11,21H,1H3,(H2,20,25,26). The number of carbonyl (C=O) groups is 1. The van der Waals surface area contributed by atoms with E-state index in [4.69, 9.17) is 9.88 Å². The van der Waals surface area contributed by atoms with Crippen LogP contribution in [0.15, 0.2) is 65.7 Å². The number of aromatic nitrogens is 3. The molecule has 3 N–H and O–H groups in total. The number of fused-ring (bicyclic) bond motifs is 1. The van der Waals surface area contributed by atoms with E-state index in [1.54, 1.807) is 22.9 Å². The van der Waals surface area contributed by atoms with Crippen molar-refractivity contribution in [1.29, 1.82) is 0 Å². The summed E-state index contributed by atoms with van der Waals surface area (Å²) in [6.07, 6.45) is 1.83. The van der Waals surface area contributed by atoms with E-state index < -0.39 is 16.0 Å². The molecule has 4 rings (SSSR count). The number of benzene rings is 2. The van der Waals surface area contributed by atoms with Crippen LogP contribution >= 0.6 is 0 Å². The van der Waals surface area contributed by atoms with Crippen molar-refractivity contribution >= 4 is 26.9 Å². The molecule has 0 bridgehead atoms. The number of primary sulfonamides is 1. The summed E-state index contributed by atoms with van der Waals surface area (Å²) in [5, 5.41) is 10.5. The summed E-state index contributed by atoms with van der Waals surface area (Å²) < 4.78 is 29.4. The summed E-state index contributed by atoms with van der Waals surface area (Å²) in [5.41, 5.74) is 3.14. The molecule has 9 heteroatoms. The van der Waals surface area contributed by atoms with Gasteiger partial charge in [-0.3, -0.25) is 0 Å². The third-order valence-corrected chi connectivity index (χ3v) is 5.31. The fraction of sp³-hybridized carbons (Fsp3) is 0.0526. The van der Waals surface area contributed by atoms with E-state index in [1.807, 2.05) is 30.5 Å². The maximum absolute atomic E-state index is 12.0. The van der Waals surface area contributed by atoms with Crippen molar-refractivity contribution in [2.75, 3.05) is 7.11 Å². The molecule has 0 fully saturated rings. The number of hydrogen-bond donors (Lipinski definition) is 2. The van der Waals surface area contributed by atoms with E-state index >= 15 is 0 Å². The van der Waals surface area contributed by atoms with E-state index in [2.05, 4.69) is 10.1 Å². The van der Waals surface area contributed by atoms with Crippen LogP contribution in [-0.4, -0.2) is 36.3 Å². The number of esters is 1. The van der Waals surface area contributed by atoms with Crippen LogP contribution in [0.2, 0.25) is 0 Å². The topological polar surface area (TPSA) is 120 Å². The molecule has 0 atom stereocenters. The van der Waals surface area contributed by atoms with Gasteiger partial charge in [-0.1, -0.05) is 18.2 Å². The lowest BCUT2D eigenvalue weighted by molar-refractivity contribution is 0.0593. The number of methoxy groups -OCH3 is 1. The third kappa shape index (κ3) is 3.06. The lowest BCUT2D eigenvalue weighted by Gasteiger charge is -2.08. The number of aromatic amines is 1. The van der Waals surface area contributed by atoms with Gasteiger partial charge in [0.25, 0.3) is 0 Å². The number of carbonyl (C=O) groups excluding carboxylic acids is 1. The van der Waals surface area contributed by atoms with E-state index in [0.29, 0.717) is 11.4 Å². The van der Waals surface area contributed by atoms with Crippen LogP contribution < -0.4 is 5.14 Å². The zero-order chi connectivity index (χ0) is 19.9. The molecule has 0 unspecified atom stereocenters. The van der Waals surface area contributed by atoms with Gasteiger partial charge in [-0.25, -0.2) is 23.0 Å². The molecule has 0 radical (unpaired) electrons. The highest BCUT2D eigenvalue weighted by molar-refractivity contribution is 7.89. The van der Waals surface area contributed by atoms with Crippen molar-refractivity contribution in [2.45, 2.75) is 4.90 Å². The summed E-state index contributed by atoms with van der Waals surface area (Å²) >= 11 is 0. The Morgan fingerprint density at radius 3 is 2.54 bits per heavy atom. The van der Waals surface area contributed by atoms with Crippen LogP contribution in [0.5, 0.6) is 0 Å². The van der Waals surface area contributed by atoms with Gasteiger partial charge in [-0.15, -0.1) is 0 Å². The fourth-order valence-corrected chi connectivity index (χ4v) is 3.55. The molecule has 0 aliphatic carbocycles. The number of nitrogens with zero attached hydrogens (tertiary/aromatic N) is 2. The zero-order valence-corrected chi connectivity index (χ0v) is 15.6. The SMILES string of the molecule is COC(=O)c1cc(-c2c[nH]c3ccccc23)n(-c2ccc(S(N)(=O)=O)cc2)n1. The Hall–Kier alpha value is -3.43. The maximum Gasteiger partial charge on any atom is 0.358 e. The minimum atomic E-state index is -3.80. The Bertz CT molecular complexity index is 1290. The van der Waals surface area contributed by atoms with Crippen LogP contribution in [0.3, 0.4) is 0 Å². The fourth-order valence-electron chi connectivity index (χ4n) is 3.03. The lowest BCUT2D eigenvalue weighted by atomic mass is 10.1. The first-order valence-electron chi connectivity index (χ1n) is 8.26. The van der Waals surface area contributed by atoms with Crippen LogP contribution in [-0.2, 0) is 14.8 Å². The molecule has 0 aliphatic rings. The summed E-state index contributed by atoms with van der Waals surface area (Å²) in [6, 6.07) is 15.3. The number of para-hydroxylation sites is 1. The molecule has 2 heterocycles. The molecular formula is C19H16N4O4S. The van der Waals surface area contributed by atoms with Crippen LogP contribution in [0.1, 0.15) is 10.5 Å². The summed E-state index contributed by atoms with van der Waals surface area (Å²) in [7, 11) is -2.52. The van der Waals surface area contributed by atoms with Crippen molar-refractivity contribution in [1.82, 2.24) is 14.8 Å². The van der Waals surface area contributed by atoms with E-state index in [1.165, 1.54) is 19.2 Å². The van der Waals surface area contributed by atoms with Crippen molar-refractivity contribution < 1.29 is 17.9 Å². The van der Waals surface area contributed by atoms with Crippen LogP contribution in [0.25, 0.3) is 27.8 Å². The molecule has 8 nitrogen and oxygen atoms in total. The quantitative estimate of drug-likeness (QED) is 0.514. The van der Waals surface area contributed by atoms with Gasteiger partial charge < -0.3 is 9.72 Å². The molecule has 2 aromatic heterocycles. The van der Waals surface area contributed by atoms with Gasteiger partial charge in [0.2, 0.25) is 10.0 Å². The highest BCUT2D eigenvalue weighted by Crippen LogP contribution is 2.31. The Kier molecular flexibility index (Phi) is 4.25. The number of nitrogens with one attached hydrogen (secondary N) is 1. The van der Waals surface area contributed by atoms with Crippen LogP contribution in [0, 0.1) is 0 Å². The molecule has 0 saturated carbocycles. The number of hydrogen-bond acceptors (Lipinski definition) is 5. The van der Waals surface area contributed by atoms with E-state index in [-0.39, 0.29) is 10.6 Å². The predicted molar refractivity (Wildman–Crippen MR) is 104 cm³/mol. The first-order chi connectivity index (χ1) is 13.4. The second-order valence-corrected chi connectivity index (χ2v) is 7.67. The molecule has 0 amide bonds. The molecule has 0 saturated heterocycles. The number of H-pyrrole nitrogens is 1. The highest BCUT2D eigenvalue weighted by Gasteiger charge is 2.19. The van der Waals surface area contributed by atoms with Gasteiger partial charge in [-0.2, -0.15) is 5.10 Å². The van der Waals surface area contributed by atoms with Crippen molar-refractivity contribution in [3.8, 4) is 16.9 Å². The summed E-state index contributed by atoms with van der Waals surface area (Å²) in [5.74, 6) is -0.569.